The molecule has 0 spiro atoms. The fourth-order valence-corrected chi connectivity index (χ4v) is 5.78. The van der Waals surface area contributed by atoms with E-state index < -0.39 is 60.8 Å². The Hall–Kier alpha value is -1.07. The van der Waals surface area contributed by atoms with Crippen molar-refractivity contribution in [3.8, 4) is 0 Å². The molecule has 0 aliphatic carbocycles. The second-order valence-electron chi connectivity index (χ2n) is 6.19. The van der Waals surface area contributed by atoms with Crippen LogP contribution < -0.4 is 11.1 Å². The quantitative estimate of drug-likeness (QED) is 0.180. The van der Waals surface area contributed by atoms with Gasteiger partial charge < -0.3 is 45.6 Å². The first-order valence-corrected chi connectivity index (χ1v) is 12.6. The van der Waals surface area contributed by atoms with Crippen molar-refractivity contribution in [2.45, 2.75) is 30.7 Å². The Labute approximate surface area is 172 Å². The van der Waals surface area contributed by atoms with Crippen LogP contribution in [0, 0.1) is 0 Å². The lowest BCUT2D eigenvalue weighted by molar-refractivity contribution is -0.0510. The number of nitrogens with one attached hydrogen (secondary N) is 1. The number of hydrogen-bond donors (Lipinski definition) is 8. The summed E-state index contributed by atoms with van der Waals surface area (Å²) in [6.45, 7) is -0.941. The largest absolute Gasteiger partial charge is 0.490 e. The third-order valence-electron chi connectivity index (χ3n) is 3.97. The molecular formula is C10H18N5O13P3. The van der Waals surface area contributed by atoms with Crippen LogP contribution in [0.2, 0.25) is 0 Å². The topological polar surface area (TPSA) is 278 Å². The van der Waals surface area contributed by atoms with Gasteiger partial charge in [-0.1, -0.05) is 0 Å². The summed E-state index contributed by atoms with van der Waals surface area (Å²) in [7, 11) is -16.7. The highest BCUT2D eigenvalue weighted by molar-refractivity contribution is 7.66. The lowest BCUT2D eigenvalue weighted by Crippen LogP contribution is -2.33. The van der Waals surface area contributed by atoms with Crippen LogP contribution in [0.15, 0.2) is 11.3 Å². The van der Waals surface area contributed by atoms with Crippen LogP contribution in [-0.4, -0.2) is 70.6 Å². The van der Waals surface area contributed by atoms with Gasteiger partial charge in [0.25, 0.3) is 0 Å². The van der Waals surface area contributed by atoms with Crippen LogP contribution in [0.3, 0.4) is 0 Å². The maximum Gasteiger partial charge on any atom is 0.490 e. The Morgan fingerprint density at radius 2 is 1.81 bits per heavy atom. The fraction of sp³-hybridized carbons (Fsp3) is 0.600. The number of ether oxygens (including phenoxy) is 1. The van der Waals surface area contributed by atoms with Gasteiger partial charge in [0.05, 0.1) is 19.3 Å². The molecule has 0 amide bonds. The van der Waals surface area contributed by atoms with Gasteiger partial charge in [-0.3, -0.25) is 14.1 Å². The minimum atomic E-state index is -5.69. The predicted molar refractivity (Wildman–Crippen MR) is 97.0 cm³/mol. The van der Waals surface area contributed by atoms with Crippen LogP contribution in [0.5, 0.6) is 0 Å². The van der Waals surface area contributed by atoms with Crippen molar-refractivity contribution in [1.29, 1.82) is 0 Å². The van der Waals surface area contributed by atoms with E-state index in [4.69, 9.17) is 25.2 Å². The van der Waals surface area contributed by atoms with Gasteiger partial charge in [0, 0.05) is 0 Å². The van der Waals surface area contributed by atoms with E-state index in [0.29, 0.717) is 11.5 Å². The van der Waals surface area contributed by atoms with E-state index in [1.54, 1.807) is 0 Å². The van der Waals surface area contributed by atoms with E-state index >= 15 is 0 Å². The van der Waals surface area contributed by atoms with E-state index in [1.807, 2.05) is 0 Å². The van der Waals surface area contributed by atoms with Crippen LogP contribution in [0.1, 0.15) is 18.1 Å². The number of nitrogens with zero attached hydrogens (tertiary/aromatic N) is 3. The second kappa shape index (κ2) is 8.70. The summed E-state index contributed by atoms with van der Waals surface area (Å²) < 4.78 is 52.0. The lowest BCUT2D eigenvalue weighted by atomic mass is 10.1. The maximum absolute atomic E-state index is 11.8. The Morgan fingerprint density at radius 3 is 2.45 bits per heavy atom. The molecule has 2 aliphatic rings. The molecular weight excluding hydrogens is 491 g/mol. The normalized spacial score (nSPS) is 32.2. The maximum atomic E-state index is 11.8. The summed E-state index contributed by atoms with van der Waals surface area (Å²) >= 11 is 0. The van der Waals surface area contributed by atoms with Crippen molar-refractivity contribution in [3.63, 3.8) is 0 Å². The lowest BCUT2D eigenvalue weighted by Gasteiger charge is -2.21. The van der Waals surface area contributed by atoms with Gasteiger partial charge in [-0.25, -0.2) is 18.7 Å². The minimum Gasteiger partial charge on any atom is -0.387 e. The first-order valence-electron chi connectivity index (χ1n) is 8.09. The Bertz CT molecular complexity index is 995. The van der Waals surface area contributed by atoms with Gasteiger partial charge >= 0.3 is 23.5 Å². The highest BCUT2D eigenvalue weighted by Gasteiger charge is 2.47. The number of phosphoric ester groups is 1. The number of aromatic nitrogens is 2. The first-order chi connectivity index (χ1) is 14.2. The Kier molecular flexibility index (Phi) is 6.90. The molecule has 31 heavy (non-hydrogen) atoms. The monoisotopic (exact) mass is 509 g/mol. The number of aliphatic imine (C=N–C) groups is 1. The molecule has 1 saturated heterocycles. The SMILES string of the molecule is NC1N=CNc2c1ncn2[C@@H]1O[C@H](COP(=O)(O)OP(=O)(O)OP(=O)(O)O)[C@H](O)C1O. The Balaban J connectivity index is 1.66. The summed E-state index contributed by atoms with van der Waals surface area (Å²) in [6.07, 6.45) is -4.14. The molecule has 4 unspecified atom stereocenters. The third kappa shape index (κ3) is 5.84. The number of aliphatic hydroxyl groups excluding tert-OH is 2. The molecule has 2 aliphatic heterocycles. The zero-order valence-electron chi connectivity index (χ0n) is 15.1. The van der Waals surface area contributed by atoms with Gasteiger partial charge in [0.2, 0.25) is 0 Å². The molecule has 0 radical (unpaired) electrons. The van der Waals surface area contributed by atoms with Gasteiger partial charge in [-0.15, -0.1) is 0 Å². The van der Waals surface area contributed by atoms with Gasteiger partial charge in [0.1, 0.15) is 36.0 Å². The number of anilines is 1. The van der Waals surface area contributed by atoms with E-state index in [2.05, 4.69) is 28.4 Å². The molecule has 1 aromatic heterocycles. The highest BCUT2D eigenvalue weighted by Crippen LogP contribution is 2.66. The summed E-state index contributed by atoms with van der Waals surface area (Å²) in [6, 6.07) is 0. The first kappa shape index (κ1) is 24.6. The molecule has 3 rings (SSSR count). The van der Waals surface area contributed by atoms with Gasteiger partial charge in [-0.05, 0) is 0 Å². The van der Waals surface area contributed by atoms with Crippen molar-refractivity contribution in [2.75, 3.05) is 11.9 Å². The number of aliphatic hydroxyl groups is 2. The number of rotatable bonds is 8. The number of imidazole rings is 1. The fourth-order valence-electron chi connectivity index (χ4n) is 2.75. The molecule has 0 aromatic carbocycles. The number of phosphoric acid groups is 3. The van der Waals surface area contributed by atoms with E-state index in [1.165, 1.54) is 17.2 Å². The third-order valence-corrected chi connectivity index (χ3v) is 7.77. The molecule has 3 heterocycles. The van der Waals surface area contributed by atoms with Crippen molar-refractivity contribution < 1.29 is 61.4 Å². The number of hydrogen-bond acceptors (Lipinski definition) is 13. The molecule has 9 N–H and O–H groups in total. The molecule has 7 atom stereocenters. The molecule has 1 fully saturated rings. The van der Waals surface area contributed by atoms with Gasteiger partial charge in [0.15, 0.2) is 6.23 Å². The smallest absolute Gasteiger partial charge is 0.387 e. The molecule has 18 nitrogen and oxygen atoms in total. The summed E-state index contributed by atoms with van der Waals surface area (Å²) in [4.78, 5) is 43.5. The van der Waals surface area contributed by atoms with E-state index in [0.717, 1.165) is 0 Å². The predicted octanol–water partition coefficient (Wildman–Crippen LogP) is -1.74. The van der Waals surface area contributed by atoms with Crippen LogP contribution in [0.25, 0.3) is 0 Å². The molecule has 21 heteroatoms. The summed E-state index contributed by atoms with van der Waals surface area (Å²) in [5.41, 5.74) is 6.09. The standard InChI is InChI=1S/C10H18N5O13P3/c11-8-5-9(13-2-12-8)15(3-14-5)10-7(17)6(16)4(26-10)1-25-30(21,22)28-31(23,24)27-29(18,19)20/h2-4,6-8,10,16-17H,1,11H2,(H,12,13)(H,21,22)(H,23,24)(H2,18,19,20)/t4-,6+,7?,8?,10-/m1/s1. The van der Waals surface area contributed by atoms with Crippen molar-refractivity contribution in [2.24, 2.45) is 10.7 Å². The zero-order valence-corrected chi connectivity index (χ0v) is 17.7. The summed E-state index contributed by atoms with van der Waals surface area (Å²) in [5.74, 6) is 0.312. The minimum absolute atomic E-state index is 0.312. The van der Waals surface area contributed by atoms with Crippen LogP contribution in [0.4, 0.5) is 5.82 Å². The average molecular weight is 509 g/mol. The average Bonchev–Trinajstić information content (AvgIpc) is 3.13. The zero-order chi connectivity index (χ0) is 23.2. The molecule has 176 valence electrons. The van der Waals surface area contributed by atoms with Crippen LogP contribution >= 0.6 is 23.5 Å². The molecule has 0 saturated carbocycles. The summed E-state index contributed by atoms with van der Waals surface area (Å²) in [5, 5.41) is 23.2. The van der Waals surface area contributed by atoms with E-state index in [9.17, 15) is 28.8 Å². The molecule has 1 aromatic rings. The van der Waals surface area contributed by atoms with Gasteiger partial charge in [-0.2, -0.15) is 8.62 Å². The van der Waals surface area contributed by atoms with Crippen molar-refractivity contribution in [3.05, 3.63) is 12.0 Å². The van der Waals surface area contributed by atoms with Crippen molar-refractivity contribution in [1.82, 2.24) is 9.55 Å². The Morgan fingerprint density at radius 1 is 1.13 bits per heavy atom. The van der Waals surface area contributed by atoms with Crippen molar-refractivity contribution >= 4 is 35.6 Å². The van der Waals surface area contributed by atoms with E-state index in [-0.39, 0.29) is 0 Å². The number of nitrogens with two attached hydrogens (primary N) is 1. The molecule has 0 bridgehead atoms. The highest BCUT2D eigenvalue weighted by atomic mass is 31.3. The second-order valence-corrected chi connectivity index (χ2v) is 10.6. The van der Waals surface area contributed by atoms with Crippen LogP contribution in [-0.2, 0) is 31.6 Å². The number of fused-ring (bicyclic) bond motifs is 1.